The summed E-state index contributed by atoms with van der Waals surface area (Å²) in [6, 6.07) is 0. The Morgan fingerprint density at radius 1 is 0.708 bits per heavy atom. The van der Waals surface area contributed by atoms with Gasteiger partial charge in [0.1, 0.15) is 0 Å². The van der Waals surface area contributed by atoms with E-state index in [0.29, 0.717) is 12.8 Å². The number of unbranched alkanes of at least 4 members (excludes halogenated alkanes) is 8. The highest BCUT2D eigenvalue weighted by Crippen LogP contribution is 2.08. The first-order valence-electron chi connectivity index (χ1n) is 9.19. The lowest BCUT2D eigenvalue weighted by atomic mass is 10.1. The Bertz CT molecular complexity index is 386. The molecule has 0 saturated carbocycles. The van der Waals surface area contributed by atoms with E-state index in [2.05, 4.69) is 36.5 Å². The molecule has 0 aliphatic heterocycles. The van der Waals surface area contributed by atoms with Crippen LogP contribution in [0, 0.1) is 10.1 Å². The zero-order valence-electron chi connectivity index (χ0n) is 14.8. The second-order valence-electron chi connectivity index (χ2n) is 5.89. The molecule has 0 fully saturated rings. The highest BCUT2D eigenvalue weighted by molar-refractivity contribution is 5.50. The summed E-state index contributed by atoms with van der Waals surface area (Å²) in [7, 11) is 0. The lowest BCUT2D eigenvalue weighted by molar-refractivity contribution is -0.480. The summed E-state index contributed by atoms with van der Waals surface area (Å²) in [5, 5.41) is 10.2. The highest BCUT2D eigenvalue weighted by atomic mass is 16.6. The van der Waals surface area contributed by atoms with Gasteiger partial charge in [-0.1, -0.05) is 55.7 Å². The minimum Gasteiger partial charge on any atom is -0.291 e. The van der Waals surface area contributed by atoms with Crippen LogP contribution in [0.4, 0.5) is 0 Å². The van der Waals surface area contributed by atoms with Crippen molar-refractivity contribution in [2.24, 2.45) is 0 Å². The van der Waals surface area contributed by atoms with Gasteiger partial charge in [0.15, 0.2) is 6.29 Å². The van der Waals surface area contributed by atoms with Gasteiger partial charge in [0.2, 0.25) is 6.54 Å². The monoisotopic (exact) mass is 334 g/mol. The number of hydrogen-bond acceptors (Lipinski definition) is 3. The summed E-state index contributed by atoms with van der Waals surface area (Å²) in [6.45, 7) is 0.116. The van der Waals surface area contributed by atoms with Gasteiger partial charge in [-0.2, -0.15) is 0 Å². The van der Waals surface area contributed by atoms with Crippen molar-refractivity contribution in [3.8, 4) is 0 Å². The largest absolute Gasteiger partial charge is 0.291 e. The van der Waals surface area contributed by atoms with Gasteiger partial charge in [0.05, 0.1) is 0 Å². The summed E-state index contributed by atoms with van der Waals surface area (Å²) in [6.07, 6.45) is 26.8. The van der Waals surface area contributed by atoms with E-state index in [1.807, 2.05) is 6.29 Å². The molecule has 0 saturated heterocycles. The molecule has 135 valence electrons. The number of nitrogens with zero attached hydrogens (tertiary/aromatic N) is 1. The second kappa shape index (κ2) is 19.3. The van der Waals surface area contributed by atoms with Gasteiger partial charge in [-0.15, -0.1) is 0 Å². The molecular formula is C20H32NO3. The average molecular weight is 334 g/mol. The first kappa shape index (κ1) is 22.3. The Kier molecular flexibility index (Phi) is 18.0. The predicted molar refractivity (Wildman–Crippen MR) is 100 cm³/mol. The van der Waals surface area contributed by atoms with Crippen molar-refractivity contribution in [2.45, 2.75) is 77.0 Å². The molecule has 0 aliphatic carbocycles. The van der Waals surface area contributed by atoms with E-state index in [9.17, 15) is 14.9 Å². The molecule has 0 aliphatic rings. The Morgan fingerprint density at radius 3 is 1.79 bits per heavy atom. The molecule has 0 aromatic rings. The lowest BCUT2D eigenvalue weighted by Crippen LogP contribution is -1.99. The number of nitro groups is 1. The van der Waals surface area contributed by atoms with Gasteiger partial charge < -0.3 is 0 Å². The standard InChI is InChI=1S/C20H32NO3/c22-20-18-16-14-12-10-8-6-4-2-1-3-5-7-9-11-13-15-17-19-21(23)24/h1,3-4,6,10,12H,2,5,7-9,11,13-19H2. The minimum absolute atomic E-state index is 0.116. The Hall–Kier alpha value is -1.71. The van der Waals surface area contributed by atoms with Crippen molar-refractivity contribution >= 4 is 6.29 Å². The van der Waals surface area contributed by atoms with E-state index < -0.39 is 0 Å². The van der Waals surface area contributed by atoms with E-state index in [1.54, 1.807) is 0 Å². The quantitative estimate of drug-likeness (QED) is 0.148. The number of hydrogen-bond donors (Lipinski definition) is 0. The van der Waals surface area contributed by atoms with Gasteiger partial charge in [0.25, 0.3) is 0 Å². The average Bonchev–Trinajstić information content (AvgIpc) is 2.56. The van der Waals surface area contributed by atoms with Crippen LogP contribution in [-0.4, -0.2) is 17.8 Å². The number of allylic oxidation sites excluding steroid dienone is 6. The van der Waals surface area contributed by atoms with E-state index in [4.69, 9.17) is 0 Å². The van der Waals surface area contributed by atoms with Crippen LogP contribution >= 0.6 is 0 Å². The molecule has 0 atom stereocenters. The molecule has 0 N–H and O–H groups in total. The highest BCUT2D eigenvalue weighted by Gasteiger charge is 1.96. The van der Waals surface area contributed by atoms with Gasteiger partial charge in [-0.3, -0.25) is 14.9 Å². The minimum atomic E-state index is -0.232. The third kappa shape index (κ3) is 20.3. The summed E-state index contributed by atoms with van der Waals surface area (Å²) >= 11 is 0. The third-order valence-corrected chi connectivity index (χ3v) is 3.66. The second-order valence-corrected chi connectivity index (χ2v) is 5.89. The fourth-order valence-corrected chi connectivity index (χ4v) is 2.28. The van der Waals surface area contributed by atoms with Crippen molar-refractivity contribution in [2.75, 3.05) is 6.54 Å². The summed E-state index contributed by atoms with van der Waals surface area (Å²) in [5.74, 6) is 0. The molecule has 24 heavy (non-hydrogen) atoms. The topological polar surface area (TPSA) is 60.2 Å². The van der Waals surface area contributed by atoms with E-state index in [0.717, 1.165) is 44.9 Å². The normalized spacial score (nSPS) is 11.8. The summed E-state index contributed by atoms with van der Waals surface area (Å²) in [4.78, 5) is 19.9. The summed E-state index contributed by atoms with van der Waals surface area (Å²) in [5.41, 5.74) is 0. The first-order valence-corrected chi connectivity index (χ1v) is 9.19. The Labute approximate surface area is 146 Å². The number of carbonyl (C=O) groups excluding carboxylic acids is 1. The number of rotatable bonds is 17. The molecule has 1 radical (unpaired) electrons. The van der Waals surface area contributed by atoms with Crippen LogP contribution in [-0.2, 0) is 4.79 Å². The van der Waals surface area contributed by atoms with Crippen molar-refractivity contribution in [1.29, 1.82) is 0 Å². The van der Waals surface area contributed by atoms with Crippen molar-refractivity contribution < 1.29 is 9.72 Å². The molecule has 0 amide bonds. The molecule has 0 rings (SSSR count). The van der Waals surface area contributed by atoms with Crippen LogP contribution in [0.15, 0.2) is 36.5 Å². The van der Waals surface area contributed by atoms with Crippen LogP contribution in [0.1, 0.15) is 77.0 Å². The predicted octanol–water partition coefficient (Wildman–Crippen LogP) is 5.72. The third-order valence-electron chi connectivity index (χ3n) is 3.66. The first-order chi connectivity index (χ1) is 11.8. The maximum atomic E-state index is 10.2. The Balaban J connectivity index is 3.27. The van der Waals surface area contributed by atoms with Crippen molar-refractivity contribution in [3.63, 3.8) is 0 Å². The molecular weight excluding hydrogens is 302 g/mol. The summed E-state index contributed by atoms with van der Waals surface area (Å²) < 4.78 is 0. The molecule has 0 unspecified atom stereocenters. The van der Waals surface area contributed by atoms with Crippen LogP contribution < -0.4 is 0 Å². The smallest absolute Gasteiger partial charge is 0.203 e. The van der Waals surface area contributed by atoms with Gasteiger partial charge in [0, 0.05) is 17.8 Å². The maximum absolute atomic E-state index is 10.2. The molecule has 0 heterocycles. The van der Waals surface area contributed by atoms with Crippen LogP contribution in [0.5, 0.6) is 0 Å². The van der Waals surface area contributed by atoms with Crippen molar-refractivity contribution in [3.05, 3.63) is 46.6 Å². The van der Waals surface area contributed by atoms with Crippen LogP contribution in [0.2, 0.25) is 0 Å². The maximum Gasteiger partial charge on any atom is 0.203 e. The molecule has 0 aromatic carbocycles. The van der Waals surface area contributed by atoms with Crippen molar-refractivity contribution in [1.82, 2.24) is 0 Å². The molecule has 0 aromatic heterocycles. The van der Waals surface area contributed by atoms with E-state index in [-0.39, 0.29) is 11.5 Å². The zero-order chi connectivity index (χ0) is 17.7. The van der Waals surface area contributed by atoms with Crippen LogP contribution in [0.3, 0.4) is 0 Å². The fourth-order valence-electron chi connectivity index (χ4n) is 2.28. The van der Waals surface area contributed by atoms with E-state index in [1.165, 1.54) is 19.3 Å². The van der Waals surface area contributed by atoms with Gasteiger partial charge in [-0.05, 0) is 44.9 Å². The Morgan fingerprint density at radius 2 is 1.21 bits per heavy atom. The zero-order valence-corrected chi connectivity index (χ0v) is 14.8. The van der Waals surface area contributed by atoms with Gasteiger partial charge in [-0.25, -0.2) is 0 Å². The van der Waals surface area contributed by atoms with Gasteiger partial charge >= 0.3 is 0 Å². The molecule has 0 spiro atoms. The molecule has 0 bridgehead atoms. The molecule has 4 heteroatoms. The SMILES string of the molecule is O=[C]CCCC=CCC=CCC=CCCCCCCCC[N+](=O)[O-]. The van der Waals surface area contributed by atoms with E-state index >= 15 is 0 Å². The van der Waals surface area contributed by atoms with Crippen LogP contribution in [0.25, 0.3) is 0 Å². The molecule has 4 nitrogen and oxygen atoms in total. The fraction of sp³-hybridized carbons (Fsp3) is 0.650. The lowest BCUT2D eigenvalue weighted by Gasteiger charge is -1.98.